The first kappa shape index (κ1) is 16.8. The summed E-state index contributed by atoms with van der Waals surface area (Å²) >= 11 is 7.67. The highest BCUT2D eigenvalue weighted by atomic mass is 35.5. The van der Waals surface area contributed by atoms with Crippen LogP contribution >= 0.6 is 22.9 Å². The van der Waals surface area contributed by atoms with Gasteiger partial charge in [-0.1, -0.05) is 23.7 Å². The van der Waals surface area contributed by atoms with E-state index in [1.165, 1.54) is 11.3 Å². The molecule has 2 heterocycles. The van der Waals surface area contributed by atoms with E-state index in [2.05, 4.69) is 11.0 Å². The molecular weight excluding hydrogens is 352 g/mol. The molecule has 0 unspecified atom stereocenters. The molecule has 3 rings (SSSR count). The highest BCUT2D eigenvalue weighted by molar-refractivity contribution is 7.91. The molecule has 1 fully saturated rings. The molecule has 0 amide bonds. The van der Waals surface area contributed by atoms with Crippen molar-refractivity contribution < 1.29 is 8.42 Å². The highest BCUT2D eigenvalue weighted by Gasteiger charge is 2.30. The first-order valence-corrected chi connectivity index (χ1v) is 10.1. The standard InChI is InChI=1S/C16H19ClN2O2S2/c1-12-10-13(2)16(14(17)11-12)18-5-7-19(8-6-18)23(20,21)15-4-3-9-22-15/h3-4,9-11H,5-8H2,1-2H3. The summed E-state index contributed by atoms with van der Waals surface area (Å²) in [6.07, 6.45) is 0. The number of hydrogen-bond donors (Lipinski definition) is 0. The van der Waals surface area contributed by atoms with Crippen LogP contribution in [0.25, 0.3) is 0 Å². The van der Waals surface area contributed by atoms with Gasteiger partial charge in [0.2, 0.25) is 0 Å². The molecule has 0 radical (unpaired) electrons. The van der Waals surface area contributed by atoms with Crippen molar-refractivity contribution in [3.63, 3.8) is 0 Å². The number of thiophene rings is 1. The predicted octanol–water partition coefficient (Wildman–Crippen LogP) is 3.53. The first-order valence-electron chi connectivity index (χ1n) is 7.45. The molecule has 1 aliphatic heterocycles. The lowest BCUT2D eigenvalue weighted by atomic mass is 10.1. The SMILES string of the molecule is Cc1cc(C)c(N2CCN(S(=O)(=O)c3cccs3)CC2)c(Cl)c1. The van der Waals surface area contributed by atoms with Crippen molar-refractivity contribution in [2.24, 2.45) is 0 Å². The Balaban J connectivity index is 1.77. The van der Waals surface area contributed by atoms with Crippen LogP contribution in [0.4, 0.5) is 5.69 Å². The minimum Gasteiger partial charge on any atom is -0.367 e. The molecule has 0 atom stereocenters. The summed E-state index contributed by atoms with van der Waals surface area (Å²) in [5.74, 6) is 0. The summed E-state index contributed by atoms with van der Waals surface area (Å²) in [4.78, 5) is 2.18. The van der Waals surface area contributed by atoms with Gasteiger partial charge in [0.15, 0.2) is 0 Å². The molecule has 0 saturated carbocycles. The van der Waals surface area contributed by atoms with Crippen molar-refractivity contribution in [2.45, 2.75) is 18.1 Å². The smallest absolute Gasteiger partial charge is 0.252 e. The topological polar surface area (TPSA) is 40.6 Å². The van der Waals surface area contributed by atoms with Gasteiger partial charge < -0.3 is 4.90 Å². The molecule has 1 aliphatic rings. The van der Waals surface area contributed by atoms with Crippen LogP contribution in [0.15, 0.2) is 33.9 Å². The molecule has 0 spiro atoms. The molecule has 1 aromatic heterocycles. The summed E-state index contributed by atoms with van der Waals surface area (Å²) < 4.78 is 27.1. The molecule has 4 nitrogen and oxygen atoms in total. The van der Waals surface area contributed by atoms with Crippen molar-refractivity contribution in [2.75, 3.05) is 31.1 Å². The molecule has 0 N–H and O–H groups in total. The van der Waals surface area contributed by atoms with E-state index >= 15 is 0 Å². The van der Waals surface area contributed by atoms with Crippen LogP contribution in [0.3, 0.4) is 0 Å². The Kier molecular flexibility index (Phi) is 4.69. The zero-order chi connectivity index (χ0) is 16.6. The predicted molar refractivity (Wildman–Crippen MR) is 96.2 cm³/mol. The van der Waals surface area contributed by atoms with Crippen LogP contribution in [0.1, 0.15) is 11.1 Å². The zero-order valence-corrected chi connectivity index (χ0v) is 15.5. The number of anilines is 1. The lowest BCUT2D eigenvalue weighted by molar-refractivity contribution is 0.386. The molecule has 0 bridgehead atoms. The van der Waals surface area contributed by atoms with Gasteiger partial charge in [0.25, 0.3) is 10.0 Å². The first-order chi connectivity index (χ1) is 10.9. The Morgan fingerprint density at radius 2 is 1.83 bits per heavy atom. The van der Waals surface area contributed by atoms with E-state index in [4.69, 9.17) is 11.6 Å². The number of benzene rings is 1. The highest BCUT2D eigenvalue weighted by Crippen LogP contribution is 2.32. The third-order valence-corrected chi connectivity index (χ3v) is 7.60. The minimum atomic E-state index is -3.36. The summed E-state index contributed by atoms with van der Waals surface area (Å²) in [5.41, 5.74) is 3.28. The number of aryl methyl sites for hydroxylation is 2. The maximum atomic E-state index is 12.6. The average Bonchev–Trinajstić information content (AvgIpc) is 3.01. The summed E-state index contributed by atoms with van der Waals surface area (Å²) in [6.45, 7) is 6.31. The van der Waals surface area contributed by atoms with Crippen LogP contribution in [0.5, 0.6) is 0 Å². The van der Waals surface area contributed by atoms with Gasteiger partial charge in [0.05, 0.1) is 10.7 Å². The van der Waals surface area contributed by atoms with Crippen molar-refractivity contribution >= 4 is 38.6 Å². The molecule has 124 valence electrons. The van der Waals surface area contributed by atoms with E-state index in [9.17, 15) is 8.42 Å². The molecular formula is C16H19ClN2O2S2. The Morgan fingerprint density at radius 3 is 2.39 bits per heavy atom. The van der Waals surface area contributed by atoms with Crippen molar-refractivity contribution in [1.29, 1.82) is 0 Å². The van der Waals surface area contributed by atoms with E-state index in [-0.39, 0.29) is 0 Å². The van der Waals surface area contributed by atoms with Crippen LogP contribution in [-0.2, 0) is 10.0 Å². The van der Waals surface area contributed by atoms with Gasteiger partial charge in [-0.15, -0.1) is 11.3 Å². The average molecular weight is 371 g/mol. The zero-order valence-electron chi connectivity index (χ0n) is 13.1. The van der Waals surface area contributed by atoms with Crippen LogP contribution in [-0.4, -0.2) is 38.9 Å². The number of rotatable bonds is 3. The van der Waals surface area contributed by atoms with E-state index in [1.807, 2.05) is 19.9 Å². The second-order valence-corrected chi connectivity index (χ2v) is 9.26. The molecule has 0 aliphatic carbocycles. The lowest BCUT2D eigenvalue weighted by Crippen LogP contribution is -2.48. The summed E-state index contributed by atoms with van der Waals surface area (Å²) in [6, 6.07) is 7.49. The number of hydrogen-bond acceptors (Lipinski definition) is 4. The van der Waals surface area contributed by atoms with E-state index < -0.39 is 10.0 Å². The fourth-order valence-electron chi connectivity index (χ4n) is 3.00. The third-order valence-electron chi connectivity index (χ3n) is 4.04. The molecule has 1 aromatic carbocycles. The second-order valence-electron chi connectivity index (χ2n) is 5.74. The lowest BCUT2D eigenvalue weighted by Gasteiger charge is -2.36. The van der Waals surface area contributed by atoms with Gasteiger partial charge in [0, 0.05) is 26.2 Å². The monoisotopic (exact) mass is 370 g/mol. The van der Waals surface area contributed by atoms with Gasteiger partial charge in [0.1, 0.15) is 4.21 Å². The van der Waals surface area contributed by atoms with Gasteiger partial charge in [-0.25, -0.2) is 8.42 Å². The van der Waals surface area contributed by atoms with Crippen LogP contribution in [0.2, 0.25) is 5.02 Å². The number of piperazine rings is 1. The quantitative estimate of drug-likeness (QED) is 0.829. The van der Waals surface area contributed by atoms with Crippen molar-refractivity contribution in [3.05, 3.63) is 45.8 Å². The minimum absolute atomic E-state index is 0.412. The van der Waals surface area contributed by atoms with Gasteiger partial charge >= 0.3 is 0 Å². The second kappa shape index (κ2) is 6.43. The molecule has 23 heavy (non-hydrogen) atoms. The van der Waals surface area contributed by atoms with Gasteiger partial charge in [-0.2, -0.15) is 4.31 Å². The van der Waals surface area contributed by atoms with Crippen molar-refractivity contribution in [1.82, 2.24) is 4.31 Å². The number of sulfonamides is 1. The van der Waals surface area contributed by atoms with E-state index in [0.29, 0.717) is 30.4 Å². The Bertz CT molecular complexity index is 772. The maximum absolute atomic E-state index is 12.6. The van der Waals surface area contributed by atoms with Gasteiger partial charge in [-0.3, -0.25) is 0 Å². The Labute approximate surface area is 146 Å². The third kappa shape index (κ3) is 3.26. The van der Waals surface area contributed by atoms with Crippen LogP contribution in [0, 0.1) is 13.8 Å². The molecule has 1 saturated heterocycles. The molecule has 7 heteroatoms. The summed E-state index contributed by atoms with van der Waals surface area (Å²) in [5, 5.41) is 2.52. The summed E-state index contributed by atoms with van der Waals surface area (Å²) in [7, 11) is -3.36. The largest absolute Gasteiger partial charge is 0.367 e. The fourth-order valence-corrected chi connectivity index (χ4v) is 6.01. The van der Waals surface area contributed by atoms with Crippen molar-refractivity contribution in [3.8, 4) is 0 Å². The number of nitrogens with zero attached hydrogens (tertiary/aromatic N) is 2. The van der Waals surface area contributed by atoms with E-state index in [0.717, 1.165) is 21.8 Å². The molecule has 2 aromatic rings. The Morgan fingerprint density at radius 1 is 1.13 bits per heavy atom. The van der Waals surface area contributed by atoms with Crippen LogP contribution < -0.4 is 4.90 Å². The van der Waals surface area contributed by atoms with E-state index in [1.54, 1.807) is 21.8 Å². The Hall–Kier alpha value is -1.08. The fraction of sp³-hybridized carbons (Fsp3) is 0.375. The van der Waals surface area contributed by atoms with Gasteiger partial charge in [-0.05, 0) is 42.5 Å². The number of halogens is 1. The normalized spacial score (nSPS) is 16.7. The maximum Gasteiger partial charge on any atom is 0.252 e.